The molecule has 0 saturated heterocycles. The van der Waals surface area contributed by atoms with Crippen molar-refractivity contribution in [2.75, 3.05) is 13.7 Å². The summed E-state index contributed by atoms with van der Waals surface area (Å²) in [4.78, 5) is 0. The monoisotopic (exact) mass is 252 g/mol. The number of nitrogens with two attached hydrogens (primary N) is 1. The molecule has 18 heavy (non-hydrogen) atoms. The Labute approximate surface area is 109 Å². The van der Waals surface area contributed by atoms with Crippen molar-refractivity contribution in [3.05, 3.63) is 11.6 Å². The van der Waals surface area contributed by atoms with Crippen LogP contribution in [0.2, 0.25) is 0 Å². The van der Waals surface area contributed by atoms with E-state index in [0.29, 0.717) is 13.2 Å². The summed E-state index contributed by atoms with van der Waals surface area (Å²) in [5, 5.41) is 8.70. The van der Waals surface area contributed by atoms with Gasteiger partial charge < -0.3 is 15.0 Å². The van der Waals surface area contributed by atoms with E-state index in [9.17, 15) is 0 Å². The molecule has 2 N–H and O–H groups in total. The Balaban J connectivity index is 2.33. The lowest BCUT2D eigenvalue weighted by Crippen LogP contribution is -2.28. The molecule has 1 fully saturated rings. The van der Waals surface area contributed by atoms with Crippen LogP contribution in [0.3, 0.4) is 0 Å². The molecule has 0 aromatic carbocycles. The molecule has 0 amide bonds. The van der Waals surface area contributed by atoms with Gasteiger partial charge in [0, 0.05) is 19.1 Å². The van der Waals surface area contributed by atoms with Gasteiger partial charge in [0.25, 0.3) is 0 Å². The average Bonchev–Trinajstić information content (AvgIpc) is 3.03. The van der Waals surface area contributed by atoms with E-state index >= 15 is 0 Å². The molecule has 0 spiro atoms. The first-order valence-corrected chi connectivity index (χ1v) is 6.89. The fourth-order valence-corrected chi connectivity index (χ4v) is 3.08. The molecule has 1 aromatic rings. The molecule has 2 rings (SSSR count). The summed E-state index contributed by atoms with van der Waals surface area (Å²) >= 11 is 0. The smallest absolute Gasteiger partial charge is 0.146 e. The second-order valence-corrected chi connectivity index (χ2v) is 5.13. The molecule has 1 aliphatic rings. The highest BCUT2D eigenvalue weighted by Crippen LogP contribution is 2.42. The quantitative estimate of drug-likeness (QED) is 0.835. The zero-order chi connectivity index (χ0) is 13.0. The molecular weight excluding hydrogens is 228 g/mol. The van der Waals surface area contributed by atoms with Crippen molar-refractivity contribution in [2.24, 2.45) is 5.73 Å². The molecule has 102 valence electrons. The first kappa shape index (κ1) is 13.5. The Kier molecular flexibility index (Phi) is 4.35. The minimum Gasteiger partial charge on any atom is -0.383 e. The van der Waals surface area contributed by atoms with Gasteiger partial charge >= 0.3 is 0 Å². The molecule has 0 unspecified atom stereocenters. The third kappa shape index (κ3) is 2.29. The van der Waals surface area contributed by atoms with Crippen molar-refractivity contribution in [2.45, 2.75) is 57.5 Å². The molecule has 1 saturated carbocycles. The predicted octanol–water partition coefficient (Wildman–Crippen LogP) is 1.60. The van der Waals surface area contributed by atoms with E-state index in [1.165, 1.54) is 25.7 Å². The highest BCUT2D eigenvalue weighted by molar-refractivity contribution is 5.13. The van der Waals surface area contributed by atoms with E-state index in [1.54, 1.807) is 7.11 Å². The van der Waals surface area contributed by atoms with Gasteiger partial charge in [-0.15, -0.1) is 10.2 Å². The fraction of sp³-hybridized carbons (Fsp3) is 0.846. The molecule has 0 radical (unpaired) electrons. The topological polar surface area (TPSA) is 66.0 Å². The molecule has 1 heterocycles. The average molecular weight is 252 g/mol. The van der Waals surface area contributed by atoms with Crippen molar-refractivity contribution < 1.29 is 4.74 Å². The van der Waals surface area contributed by atoms with Crippen LogP contribution in [0.1, 0.15) is 50.7 Å². The third-order valence-electron chi connectivity index (χ3n) is 4.24. The molecule has 0 aliphatic heterocycles. The van der Waals surface area contributed by atoms with Gasteiger partial charge in [0.2, 0.25) is 0 Å². The maximum atomic E-state index is 5.75. The summed E-state index contributed by atoms with van der Waals surface area (Å²) in [6.07, 6.45) is 6.16. The van der Waals surface area contributed by atoms with Gasteiger partial charge in [-0.25, -0.2) is 0 Å². The summed E-state index contributed by atoms with van der Waals surface area (Å²) in [7, 11) is 1.72. The molecule has 0 atom stereocenters. The summed E-state index contributed by atoms with van der Waals surface area (Å²) in [5.41, 5.74) is 5.97. The number of methoxy groups -OCH3 is 1. The van der Waals surface area contributed by atoms with Gasteiger partial charge in [0.05, 0.1) is 13.2 Å². The first-order chi connectivity index (χ1) is 8.77. The summed E-state index contributed by atoms with van der Waals surface area (Å²) in [6, 6.07) is 0. The van der Waals surface area contributed by atoms with E-state index in [4.69, 9.17) is 10.5 Å². The number of hydrogen-bond acceptors (Lipinski definition) is 4. The standard InChI is InChI=1S/C13H24N4O/c1-3-13(6-4-5-7-13)12-16-15-11(10-14)17(12)8-9-18-2/h3-10,14H2,1-2H3. The number of ether oxygens (including phenoxy) is 1. The minimum atomic E-state index is 0.216. The van der Waals surface area contributed by atoms with Crippen LogP contribution in [0, 0.1) is 0 Å². The predicted molar refractivity (Wildman–Crippen MR) is 70.2 cm³/mol. The Hall–Kier alpha value is -0.940. The van der Waals surface area contributed by atoms with Crippen LogP contribution in [-0.4, -0.2) is 28.5 Å². The van der Waals surface area contributed by atoms with E-state index < -0.39 is 0 Å². The van der Waals surface area contributed by atoms with E-state index in [-0.39, 0.29) is 5.41 Å². The van der Waals surface area contributed by atoms with Crippen LogP contribution in [0.25, 0.3) is 0 Å². The molecular formula is C13H24N4O. The SMILES string of the molecule is CCC1(c2nnc(CN)n2CCOC)CCCC1. The fourth-order valence-electron chi connectivity index (χ4n) is 3.08. The van der Waals surface area contributed by atoms with Crippen molar-refractivity contribution in [1.82, 2.24) is 14.8 Å². The highest BCUT2D eigenvalue weighted by atomic mass is 16.5. The Morgan fingerprint density at radius 2 is 2.06 bits per heavy atom. The van der Waals surface area contributed by atoms with E-state index in [2.05, 4.69) is 21.7 Å². The van der Waals surface area contributed by atoms with Gasteiger partial charge in [-0.3, -0.25) is 0 Å². The maximum absolute atomic E-state index is 5.75. The zero-order valence-corrected chi connectivity index (χ0v) is 11.5. The molecule has 1 aromatic heterocycles. The van der Waals surface area contributed by atoms with Crippen molar-refractivity contribution in [3.63, 3.8) is 0 Å². The van der Waals surface area contributed by atoms with Crippen LogP contribution in [0.15, 0.2) is 0 Å². The molecule has 5 nitrogen and oxygen atoms in total. The van der Waals surface area contributed by atoms with Crippen LogP contribution < -0.4 is 5.73 Å². The highest BCUT2D eigenvalue weighted by Gasteiger charge is 2.38. The van der Waals surface area contributed by atoms with Gasteiger partial charge in [0.15, 0.2) is 0 Å². The lowest BCUT2D eigenvalue weighted by molar-refractivity contribution is 0.183. The Morgan fingerprint density at radius 3 is 2.61 bits per heavy atom. The normalized spacial score (nSPS) is 18.4. The minimum absolute atomic E-state index is 0.216. The van der Waals surface area contributed by atoms with Crippen LogP contribution in [0.5, 0.6) is 0 Å². The van der Waals surface area contributed by atoms with Crippen LogP contribution >= 0.6 is 0 Å². The number of nitrogens with zero attached hydrogens (tertiary/aromatic N) is 3. The lowest BCUT2D eigenvalue weighted by atomic mass is 9.82. The Morgan fingerprint density at radius 1 is 1.33 bits per heavy atom. The molecule has 0 bridgehead atoms. The third-order valence-corrected chi connectivity index (χ3v) is 4.24. The van der Waals surface area contributed by atoms with Crippen molar-refractivity contribution in [1.29, 1.82) is 0 Å². The van der Waals surface area contributed by atoms with Crippen LogP contribution in [-0.2, 0) is 23.2 Å². The second kappa shape index (κ2) is 5.80. The van der Waals surface area contributed by atoms with Gasteiger partial charge in [-0.05, 0) is 19.3 Å². The number of hydrogen-bond donors (Lipinski definition) is 1. The summed E-state index contributed by atoms with van der Waals surface area (Å²) in [5.74, 6) is 2.00. The van der Waals surface area contributed by atoms with Gasteiger partial charge in [0.1, 0.15) is 11.6 Å². The van der Waals surface area contributed by atoms with Gasteiger partial charge in [-0.2, -0.15) is 0 Å². The Bertz CT molecular complexity index is 382. The zero-order valence-electron chi connectivity index (χ0n) is 11.5. The summed E-state index contributed by atoms with van der Waals surface area (Å²) in [6.45, 7) is 4.17. The number of aromatic nitrogens is 3. The number of rotatable bonds is 6. The lowest BCUT2D eigenvalue weighted by Gasteiger charge is -2.27. The largest absolute Gasteiger partial charge is 0.383 e. The van der Waals surface area contributed by atoms with E-state index in [1.807, 2.05) is 0 Å². The van der Waals surface area contributed by atoms with Crippen LogP contribution in [0.4, 0.5) is 0 Å². The van der Waals surface area contributed by atoms with Crippen molar-refractivity contribution in [3.8, 4) is 0 Å². The molecule has 5 heteroatoms. The first-order valence-electron chi connectivity index (χ1n) is 6.89. The van der Waals surface area contributed by atoms with Crippen molar-refractivity contribution >= 4 is 0 Å². The van der Waals surface area contributed by atoms with E-state index in [0.717, 1.165) is 24.6 Å². The maximum Gasteiger partial charge on any atom is 0.146 e. The second-order valence-electron chi connectivity index (χ2n) is 5.13. The van der Waals surface area contributed by atoms with Gasteiger partial charge in [-0.1, -0.05) is 19.8 Å². The molecule has 1 aliphatic carbocycles. The summed E-state index contributed by atoms with van der Waals surface area (Å²) < 4.78 is 7.36.